The summed E-state index contributed by atoms with van der Waals surface area (Å²) in [7, 11) is 0. The summed E-state index contributed by atoms with van der Waals surface area (Å²) in [6.07, 6.45) is 0. The molecule has 0 radical (unpaired) electrons. The maximum absolute atomic E-state index is 5.17. The van der Waals surface area contributed by atoms with Crippen molar-refractivity contribution in [1.29, 1.82) is 0 Å². The van der Waals surface area contributed by atoms with Crippen LogP contribution in [0.5, 0.6) is 0 Å². The van der Waals surface area contributed by atoms with Gasteiger partial charge in [0.1, 0.15) is 0 Å². The number of hydrogen-bond acceptors (Lipinski definition) is 3. The van der Waals surface area contributed by atoms with Gasteiger partial charge >= 0.3 is 0 Å². The molecule has 1 saturated heterocycles. The van der Waals surface area contributed by atoms with Gasteiger partial charge in [-0.15, -0.1) is 0 Å². The Morgan fingerprint density at radius 2 is 2.50 bits per heavy atom. The third-order valence-corrected chi connectivity index (χ3v) is 2.82. The average Bonchev–Trinajstić information content (AvgIpc) is 2.49. The van der Waals surface area contributed by atoms with Gasteiger partial charge < -0.3 is 10.1 Å². The van der Waals surface area contributed by atoms with Gasteiger partial charge in [-0.05, 0) is 11.4 Å². The maximum Gasteiger partial charge on any atom is 0.0559 e. The Morgan fingerprint density at radius 3 is 3.00 bits per heavy atom. The van der Waals surface area contributed by atoms with Gasteiger partial charge in [-0.2, -0.15) is 11.3 Å². The van der Waals surface area contributed by atoms with Gasteiger partial charge in [-0.3, -0.25) is 0 Å². The van der Waals surface area contributed by atoms with E-state index >= 15 is 0 Å². The first kappa shape index (κ1) is 8.08. The van der Waals surface area contributed by atoms with Gasteiger partial charge in [-0.1, -0.05) is 6.92 Å². The molecule has 2 nitrogen and oxygen atoms in total. The Hall–Kier alpha value is -0.540. The summed E-state index contributed by atoms with van der Waals surface area (Å²) in [5.74, 6) is 0. The largest absolute Gasteiger partial charge is 0.384 e. The minimum absolute atomic E-state index is 0.363. The summed E-state index contributed by atoms with van der Waals surface area (Å²) in [6.45, 7) is 5.05. The smallest absolute Gasteiger partial charge is 0.0559 e. The van der Waals surface area contributed by atoms with Crippen molar-refractivity contribution in [3.05, 3.63) is 16.8 Å². The number of thiophene rings is 1. The lowest BCUT2D eigenvalue weighted by atomic mass is 9.89. The zero-order valence-corrected chi connectivity index (χ0v) is 7.99. The van der Waals surface area contributed by atoms with Crippen LogP contribution in [-0.2, 0) is 4.74 Å². The lowest BCUT2D eigenvalue weighted by molar-refractivity contribution is -0.0924. The molecule has 12 heavy (non-hydrogen) atoms. The Kier molecular flexibility index (Phi) is 2.07. The fraction of sp³-hybridized carbons (Fsp3) is 0.556. The quantitative estimate of drug-likeness (QED) is 0.775. The monoisotopic (exact) mass is 183 g/mol. The highest BCUT2D eigenvalue weighted by Gasteiger charge is 2.32. The van der Waals surface area contributed by atoms with Gasteiger partial charge in [-0.25, -0.2) is 0 Å². The number of anilines is 1. The minimum Gasteiger partial charge on any atom is -0.384 e. The molecule has 1 aliphatic heterocycles. The van der Waals surface area contributed by atoms with Crippen LogP contribution in [0.25, 0.3) is 0 Å². The van der Waals surface area contributed by atoms with Crippen molar-refractivity contribution in [2.75, 3.05) is 25.1 Å². The molecule has 0 unspecified atom stereocenters. The van der Waals surface area contributed by atoms with E-state index in [2.05, 4.69) is 29.1 Å². The highest BCUT2D eigenvalue weighted by atomic mass is 32.1. The normalized spacial score (nSPS) is 20.1. The molecule has 1 fully saturated rings. The molecule has 2 heterocycles. The molecule has 1 aromatic heterocycles. The summed E-state index contributed by atoms with van der Waals surface area (Å²) in [5, 5.41) is 7.61. The van der Waals surface area contributed by atoms with Crippen LogP contribution in [0.2, 0.25) is 0 Å². The maximum atomic E-state index is 5.17. The highest BCUT2D eigenvalue weighted by Crippen LogP contribution is 2.27. The third-order valence-electron chi connectivity index (χ3n) is 2.14. The second-order valence-corrected chi connectivity index (χ2v) is 4.45. The van der Waals surface area contributed by atoms with Gasteiger partial charge in [0.05, 0.1) is 13.2 Å². The van der Waals surface area contributed by atoms with E-state index in [-0.39, 0.29) is 0 Å². The zero-order valence-electron chi connectivity index (χ0n) is 7.17. The molecule has 0 saturated carbocycles. The zero-order chi connectivity index (χ0) is 8.44. The van der Waals surface area contributed by atoms with Crippen molar-refractivity contribution in [2.24, 2.45) is 5.41 Å². The molecule has 0 bridgehead atoms. The van der Waals surface area contributed by atoms with E-state index in [9.17, 15) is 0 Å². The SMILES string of the molecule is CC1(CNc2ccsc2)COC1. The van der Waals surface area contributed by atoms with Gasteiger partial charge in [0.2, 0.25) is 0 Å². The summed E-state index contributed by atoms with van der Waals surface area (Å²) in [4.78, 5) is 0. The second kappa shape index (κ2) is 3.07. The Morgan fingerprint density at radius 1 is 1.67 bits per heavy atom. The molecule has 2 rings (SSSR count). The predicted molar refractivity (Wildman–Crippen MR) is 51.7 cm³/mol. The molecule has 0 atom stereocenters. The fourth-order valence-corrected chi connectivity index (χ4v) is 1.85. The third kappa shape index (κ3) is 1.62. The molecule has 3 heteroatoms. The first-order valence-corrected chi connectivity index (χ1v) is 5.07. The van der Waals surface area contributed by atoms with Gasteiger partial charge in [0, 0.05) is 23.0 Å². The first-order valence-electron chi connectivity index (χ1n) is 4.12. The summed E-state index contributed by atoms with van der Waals surface area (Å²) in [5.41, 5.74) is 1.59. The average molecular weight is 183 g/mol. The molecular weight excluding hydrogens is 170 g/mol. The van der Waals surface area contributed by atoms with E-state index in [0.29, 0.717) is 5.41 Å². The van der Waals surface area contributed by atoms with Crippen LogP contribution < -0.4 is 5.32 Å². The molecule has 0 amide bonds. The highest BCUT2D eigenvalue weighted by molar-refractivity contribution is 7.08. The minimum atomic E-state index is 0.363. The van der Waals surface area contributed by atoms with E-state index in [0.717, 1.165) is 19.8 Å². The van der Waals surface area contributed by atoms with Crippen LogP contribution in [0.15, 0.2) is 16.8 Å². The molecule has 1 aliphatic rings. The Balaban J connectivity index is 1.82. The number of hydrogen-bond donors (Lipinski definition) is 1. The van der Waals surface area contributed by atoms with Crippen LogP contribution in [0.4, 0.5) is 5.69 Å². The van der Waals surface area contributed by atoms with Crippen molar-refractivity contribution in [3.63, 3.8) is 0 Å². The van der Waals surface area contributed by atoms with Crippen LogP contribution in [-0.4, -0.2) is 19.8 Å². The topological polar surface area (TPSA) is 21.3 Å². The van der Waals surface area contributed by atoms with Gasteiger partial charge in [0.25, 0.3) is 0 Å². The molecule has 0 spiro atoms. The van der Waals surface area contributed by atoms with E-state index < -0.39 is 0 Å². The molecule has 66 valence electrons. The van der Waals surface area contributed by atoms with Crippen LogP contribution in [0, 0.1) is 5.41 Å². The van der Waals surface area contributed by atoms with Crippen molar-refractivity contribution in [1.82, 2.24) is 0 Å². The molecular formula is C9H13NOS. The van der Waals surface area contributed by atoms with E-state index in [1.54, 1.807) is 11.3 Å². The van der Waals surface area contributed by atoms with E-state index in [1.807, 2.05) is 0 Å². The predicted octanol–water partition coefficient (Wildman–Crippen LogP) is 2.20. The number of rotatable bonds is 3. The lowest BCUT2D eigenvalue weighted by Crippen LogP contribution is -2.45. The van der Waals surface area contributed by atoms with Crippen molar-refractivity contribution in [2.45, 2.75) is 6.92 Å². The fourth-order valence-electron chi connectivity index (χ4n) is 1.23. The number of ether oxygens (including phenoxy) is 1. The Bertz CT molecular complexity index is 241. The summed E-state index contributed by atoms with van der Waals surface area (Å²) < 4.78 is 5.17. The van der Waals surface area contributed by atoms with Crippen molar-refractivity contribution in [3.8, 4) is 0 Å². The molecule has 1 aromatic rings. The van der Waals surface area contributed by atoms with Crippen LogP contribution in [0.3, 0.4) is 0 Å². The summed E-state index contributed by atoms with van der Waals surface area (Å²) in [6, 6.07) is 2.10. The van der Waals surface area contributed by atoms with Crippen molar-refractivity contribution < 1.29 is 4.74 Å². The standard InChI is InChI=1S/C9H13NOS/c1-9(6-11-7-9)5-10-8-2-3-12-4-8/h2-4,10H,5-7H2,1H3. The lowest BCUT2D eigenvalue weighted by Gasteiger charge is -2.38. The second-order valence-electron chi connectivity index (χ2n) is 3.67. The van der Waals surface area contributed by atoms with Crippen LogP contribution >= 0.6 is 11.3 Å². The van der Waals surface area contributed by atoms with E-state index in [4.69, 9.17) is 4.74 Å². The van der Waals surface area contributed by atoms with E-state index in [1.165, 1.54) is 5.69 Å². The molecule has 1 N–H and O–H groups in total. The number of nitrogens with one attached hydrogen (secondary N) is 1. The van der Waals surface area contributed by atoms with Crippen LogP contribution in [0.1, 0.15) is 6.92 Å². The van der Waals surface area contributed by atoms with Gasteiger partial charge in [0.15, 0.2) is 0 Å². The Labute approximate surface area is 76.6 Å². The first-order chi connectivity index (χ1) is 5.79. The molecule has 0 aliphatic carbocycles. The van der Waals surface area contributed by atoms with Crippen molar-refractivity contribution >= 4 is 17.0 Å². The summed E-state index contributed by atoms with van der Waals surface area (Å²) >= 11 is 1.72. The molecule has 0 aromatic carbocycles.